The molecule has 19 heavy (non-hydrogen) atoms. The molecule has 2 rings (SSSR count). The normalized spacial score (nSPS) is 23.5. The van der Waals surface area contributed by atoms with E-state index in [0.29, 0.717) is 23.7 Å². The van der Waals surface area contributed by atoms with Crippen molar-refractivity contribution in [1.29, 1.82) is 0 Å². The van der Waals surface area contributed by atoms with Crippen molar-refractivity contribution in [2.45, 2.75) is 19.1 Å². The zero-order valence-corrected chi connectivity index (χ0v) is 14.3. The van der Waals surface area contributed by atoms with E-state index in [1.807, 2.05) is 11.8 Å². The maximum absolute atomic E-state index is 12.5. The van der Waals surface area contributed by atoms with Gasteiger partial charge >= 0.3 is 0 Å². The number of carbonyl (C=O) groups is 1. The van der Waals surface area contributed by atoms with Crippen LogP contribution in [0.1, 0.15) is 17.3 Å². The summed E-state index contributed by atoms with van der Waals surface area (Å²) in [5, 5.41) is 1.33. The molecule has 1 aromatic carbocycles. The third-order valence-corrected chi connectivity index (χ3v) is 4.89. The Balaban J connectivity index is 2.16. The molecule has 1 fully saturated rings. The van der Waals surface area contributed by atoms with Crippen LogP contribution in [0, 0.1) is 0 Å². The van der Waals surface area contributed by atoms with Crippen LogP contribution >= 0.6 is 43.5 Å². The van der Waals surface area contributed by atoms with E-state index in [9.17, 15) is 4.79 Å². The highest BCUT2D eigenvalue weighted by Crippen LogP contribution is 2.24. The number of benzene rings is 1. The van der Waals surface area contributed by atoms with Crippen LogP contribution in [0.15, 0.2) is 22.7 Å². The van der Waals surface area contributed by atoms with Crippen molar-refractivity contribution in [3.8, 4) is 0 Å². The number of amides is 1. The number of ether oxygens (including phenoxy) is 1. The van der Waals surface area contributed by atoms with Gasteiger partial charge in [-0.05, 0) is 41.1 Å². The van der Waals surface area contributed by atoms with Gasteiger partial charge < -0.3 is 9.64 Å². The lowest BCUT2D eigenvalue weighted by Gasteiger charge is -2.36. The van der Waals surface area contributed by atoms with Gasteiger partial charge in [0.15, 0.2) is 0 Å². The fourth-order valence-corrected chi connectivity index (χ4v) is 2.96. The minimum Gasteiger partial charge on any atom is -0.371 e. The van der Waals surface area contributed by atoms with Crippen LogP contribution < -0.4 is 0 Å². The Bertz CT molecular complexity index is 484. The summed E-state index contributed by atoms with van der Waals surface area (Å²) < 4.78 is 6.46. The summed E-state index contributed by atoms with van der Waals surface area (Å²) in [5.74, 6) is 0.0125. The molecule has 104 valence electrons. The Labute approximate surface area is 134 Å². The van der Waals surface area contributed by atoms with E-state index >= 15 is 0 Å². The zero-order valence-electron chi connectivity index (χ0n) is 10.4. The van der Waals surface area contributed by atoms with Crippen LogP contribution in [-0.2, 0) is 4.74 Å². The Morgan fingerprint density at radius 3 is 2.89 bits per heavy atom. The first kappa shape index (κ1) is 15.3. The molecule has 0 aliphatic carbocycles. The van der Waals surface area contributed by atoms with Crippen molar-refractivity contribution >= 4 is 49.4 Å². The van der Waals surface area contributed by atoms with E-state index in [1.54, 1.807) is 18.2 Å². The first-order chi connectivity index (χ1) is 9.01. The van der Waals surface area contributed by atoms with Gasteiger partial charge in [0.25, 0.3) is 5.91 Å². The van der Waals surface area contributed by atoms with Gasteiger partial charge in [0, 0.05) is 28.5 Å². The third-order valence-electron chi connectivity index (χ3n) is 2.95. The van der Waals surface area contributed by atoms with Gasteiger partial charge in [-0.1, -0.05) is 27.5 Å². The lowest BCUT2D eigenvalue weighted by Crippen LogP contribution is -2.49. The van der Waals surface area contributed by atoms with Crippen molar-refractivity contribution in [3.05, 3.63) is 33.3 Å². The molecule has 0 N–H and O–H groups in total. The molecule has 0 aromatic heterocycles. The molecule has 1 aliphatic heterocycles. The summed E-state index contributed by atoms with van der Waals surface area (Å²) in [6.07, 6.45) is 0.0967. The molecule has 1 amide bonds. The second-order valence-corrected chi connectivity index (χ2v) is 6.47. The molecular formula is C13H14Br2ClNO2. The smallest absolute Gasteiger partial charge is 0.254 e. The number of hydrogen-bond donors (Lipinski definition) is 0. The summed E-state index contributed by atoms with van der Waals surface area (Å²) >= 11 is 12.7. The van der Waals surface area contributed by atoms with Crippen LogP contribution in [0.5, 0.6) is 0 Å². The average Bonchev–Trinajstić information content (AvgIpc) is 2.40. The van der Waals surface area contributed by atoms with E-state index in [2.05, 4.69) is 31.9 Å². The van der Waals surface area contributed by atoms with Gasteiger partial charge in [-0.3, -0.25) is 4.79 Å². The zero-order chi connectivity index (χ0) is 14.0. The first-order valence-corrected chi connectivity index (χ1v) is 8.26. The maximum Gasteiger partial charge on any atom is 0.254 e. The minimum atomic E-state index is 0.0125. The fraction of sp³-hybridized carbons (Fsp3) is 0.462. The fourth-order valence-electron chi connectivity index (χ4n) is 2.11. The summed E-state index contributed by atoms with van der Waals surface area (Å²) in [6, 6.07) is 5.23. The Kier molecular flexibility index (Phi) is 5.29. The predicted octanol–water partition coefficient (Wildman–Crippen LogP) is 3.73. The van der Waals surface area contributed by atoms with Crippen LogP contribution in [-0.4, -0.2) is 41.4 Å². The van der Waals surface area contributed by atoms with Crippen molar-refractivity contribution < 1.29 is 9.53 Å². The number of nitrogens with zero attached hydrogens (tertiary/aromatic N) is 1. The number of morpholine rings is 1. The maximum atomic E-state index is 12.5. The summed E-state index contributed by atoms with van der Waals surface area (Å²) in [4.78, 5) is 14.3. The molecule has 6 heteroatoms. The topological polar surface area (TPSA) is 29.5 Å². The molecule has 1 aromatic rings. The van der Waals surface area contributed by atoms with Crippen molar-refractivity contribution in [2.24, 2.45) is 0 Å². The second kappa shape index (κ2) is 6.57. The molecular weight excluding hydrogens is 397 g/mol. The molecule has 1 saturated heterocycles. The van der Waals surface area contributed by atoms with Crippen LogP contribution in [0.2, 0.25) is 5.02 Å². The monoisotopic (exact) mass is 409 g/mol. The summed E-state index contributed by atoms with van der Waals surface area (Å²) in [5.41, 5.74) is 0.638. The molecule has 1 heterocycles. The van der Waals surface area contributed by atoms with E-state index < -0.39 is 0 Å². The highest BCUT2D eigenvalue weighted by atomic mass is 79.9. The molecule has 2 atom stereocenters. The lowest BCUT2D eigenvalue weighted by atomic mass is 10.1. The third kappa shape index (κ3) is 3.72. The van der Waals surface area contributed by atoms with Gasteiger partial charge in [-0.25, -0.2) is 0 Å². The van der Waals surface area contributed by atoms with Crippen molar-refractivity contribution in [1.82, 2.24) is 4.90 Å². The van der Waals surface area contributed by atoms with Crippen molar-refractivity contribution in [2.75, 3.05) is 18.4 Å². The van der Waals surface area contributed by atoms with Gasteiger partial charge in [0.1, 0.15) is 0 Å². The van der Waals surface area contributed by atoms with Crippen LogP contribution in [0.25, 0.3) is 0 Å². The van der Waals surface area contributed by atoms with E-state index in [-0.39, 0.29) is 18.1 Å². The number of alkyl halides is 1. The molecule has 0 saturated carbocycles. The van der Waals surface area contributed by atoms with Gasteiger partial charge in [-0.2, -0.15) is 0 Å². The molecule has 0 radical (unpaired) electrons. The first-order valence-electron chi connectivity index (χ1n) is 5.97. The van der Waals surface area contributed by atoms with E-state index in [1.165, 1.54) is 0 Å². The number of hydrogen-bond acceptors (Lipinski definition) is 2. The van der Waals surface area contributed by atoms with Gasteiger partial charge in [0.2, 0.25) is 0 Å². The van der Waals surface area contributed by atoms with Gasteiger partial charge in [0.05, 0.1) is 17.2 Å². The minimum absolute atomic E-state index is 0.0125. The molecule has 2 unspecified atom stereocenters. The Morgan fingerprint density at radius 1 is 1.53 bits per heavy atom. The van der Waals surface area contributed by atoms with E-state index in [4.69, 9.17) is 16.3 Å². The van der Waals surface area contributed by atoms with Crippen LogP contribution in [0.4, 0.5) is 0 Å². The Hall–Kier alpha value is -0.100. The van der Waals surface area contributed by atoms with Crippen molar-refractivity contribution in [3.63, 3.8) is 0 Å². The largest absolute Gasteiger partial charge is 0.371 e. The number of halogens is 3. The SMILES string of the molecule is CC1CN(C(=O)c2ccc(Cl)c(Br)c2)CC(CBr)O1. The summed E-state index contributed by atoms with van der Waals surface area (Å²) in [7, 11) is 0. The molecule has 1 aliphatic rings. The Morgan fingerprint density at radius 2 is 2.26 bits per heavy atom. The standard InChI is InChI=1S/C13H14Br2ClNO2/c1-8-6-17(7-10(5-14)19-8)13(18)9-2-3-12(16)11(15)4-9/h2-4,8,10H,5-7H2,1H3. The predicted molar refractivity (Wildman–Crippen MR) is 83.2 cm³/mol. The quantitative estimate of drug-likeness (QED) is 0.694. The highest BCUT2D eigenvalue weighted by Gasteiger charge is 2.28. The van der Waals surface area contributed by atoms with E-state index in [0.717, 1.165) is 9.80 Å². The second-order valence-electron chi connectivity index (χ2n) is 4.56. The number of carbonyl (C=O) groups excluding carboxylic acids is 1. The molecule has 0 spiro atoms. The average molecular weight is 412 g/mol. The van der Waals surface area contributed by atoms with Gasteiger partial charge in [-0.15, -0.1) is 0 Å². The summed E-state index contributed by atoms with van der Waals surface area (Å²) in [6.45, 7) is 3.20. The number of rotatable bonds is 2. The van der Waals surface area contributed by atoms with Crippen LogP contribution in [0.3, 0.4) is 0 Å². The molecule has 0 bridgehead atoms. The molecule has 3 nitrogen and oxygen atoms in total. The highest BCUT2D eigenvalue weighted by molar-refractivity contribution is 9.10. The lowest BCUT2D eigenvalue weighted by molar-refractivity contribution is -0.0559.